The normalized spacial score (nSPS) is 24.4. The lowest BCUT2D eigenvalue weighted by Crippen LogP contribution is -2.26. The van der Waals surface area contributed by atoms with Crippen molar-refractivity contribution in [2.24, 2.45) is 5.73 Å². The van der Waals surface area contributed by atoms with E-state index in [0.717, 1.165) is 41.7 Å². The van der Waals surface area contributed by atoms with Crippen molar-refractivity contribution in [1.29, 1.82) is 0 Å². The predicted octanol–water partition coefficient (Wildman–Crippen LogP) is 3.81. The standard InChI is InChI=1S/C15H22BrNO2/c1-3-8-18-13-7-5-11(9-12(13)16)15(17)14-6-4-10(2)19-14/h5,7,9-10,14-15H,3-4,6,8,17H2,1-2H3. The van der Waals surface area contributed by atoms with E-state index in [1.54, 1.807) is 0 Å². The molecule has 2 rings (SSSR count). The van der Waals surface area contributed by atoms with Crippen molar-refractivity contribution in [3.63, 3.8) is 0 Å². The monoisotopic (exact) mass is 327 g/mol. The highest BCUT2D eigenvalue weighted by Gasteiger charge is 2.28. The Morgan fingerprint density at radius 1 is 1.47 bits per heavy atom. The molecule has 1 fully saturated rings. The van der Waals surface area contributed by atoms with Crippen LogP contribution in [0.2, 0.25) is 0 Å². The lowest BCUT2D eigenvalue weighted by molar-refractivity contribution is 0.0401. The first-order valence-electron chi connectivity index (χ1n) is 6.95. The summed E-state index contributed by atoms with van der Waals surface area (Å²) < 4.78 is 12.4. The Morgan fingerprint density at radius 3 is 2.84 bits per heavy atom. The first-order valence-corrected chi connectivity index (χ1v) is 7.74. The van der Waals surface area contributed by atoms with E-state index in [0.29, 0.717) is 6.10 Å². The first kappa shape index (κ1) is 14.8. The third-order valence-electron chi connectivity index (χ3n) is 3.47. The summed E-state index contributed by atoms with van der Waals surface area (Å²) in [5.41, 5.74) is 7.39. The van der Waals surface area contributed by atoms with Crippen LogP contribution in [0.3, 0.4) is 0 Å². The van der Waals surface area contributed by atoms with E-state index >= 15 is 0 Å². The second kappa shape index (κ2) is 6.73. The highest BCUT2D eigenvalue weighted by molar-refractivity contribution is 9.10. The zero-order valence-electron chi connectivity index (χ0n) is 11.6. The number of rotatable bonds is 5. The Balaban J connectivity index is 2.06. The molecular weight excluding hydrogens is 306 g/mol. The average molecular weight is 328 g/mol. The second-order valence-corrected chi connectivity index (χ2v) is 5.98. The van der Waals surface area contributed by atoms with E-state index in [4.69, 9.17) is 15.2 Å². The number of halogens is 1. The minimum Gasteiger partial charge on any atom is -0.492 e. The van der Waals surface area contributed by atoms with Crippen LogP contribution in [0.1, 0.15) is 44.7 Å². The van der Waals surface area contributed by atoms with Crippen molar-refractivity contribution in [2.45, 2.75) is 51.4 Å². The van der Waals surface area contributed by atoms with Crippen molar-refractivity contribution in [3.05, 3.63) is 28.2 Å². The Hall–Kier alpha value is -0.580. The van der Waals surface area contributed by atoms with Crippen molar-refractivity contribution < 1.29 is 9.47 Å². The molecule has 3 nitrogen and oxygen atoms in total. The van der Waals surface area contributed by atoms with Crippen LogP contribution in [0, 0.1) is 0 Å². The fourth-order valence-corrected chi connectivity index (χ4v) is 2.88. The smallest absolute Gasteiger partial charge is 0.133 e. The molecule has 4 heteroatoms. The Labute approximate surface area is 123 Å². The highest BCUT2D eigenvalue weighted by atomic mass is 79.9. The minimum absolute atomic E-state index is 0.0681. The van der Waals surface area contributed by atoms with Gasteiger partial charge in [0.2, 0.25) is 0 Å². The molecule has 1 aliphatic heterocycles. The summed E-state index contributed by atoms with van der Waals surface area (Å²) in [6.45, 7) is 4.92. The van der Waals surface area contributed by atoms with Crippen molar-refractivity contribution in [3.8, 4) is 5.75 Å². The maximum absolute atomic E-state index is 6.29. The summed E-state index contributed by atoms with van der Waals surface area (Å²) in [4.78, 5) is 0. The molecule has 0 saturated carbocycles. The lowest BCUT2D eigenvalue weighted by Gasteiger charge is -2.20. The molecule has 3 atom stereocenters. The molecule has 19 heavy (non-hydrogen) atoms. The fraction of sp³-hybridized carbons (Fsp3) is 0.600. The van der Waals surface area contributed by atoms with Gasteiger partial charge in [-0.3, -0.25) is 0 Å². The largest absolute Gasteiger partial charge is 0.492 e. The molecule has 3 unspecified atom stereocenters. The van der Waals surface area contributed by atoms with Gasteiger partial charge in [0.15, 0.2) is 0 Å². The van der Waals surface area contributed by atoms with E-state index in [2.05, 4.69) is 29.8 Å². The zero-order valence-corrected chi connectivity index (χ0v) is 13.2. The molecule has 1 aromatic carbocycles. The van der Waals surface area contributed by atoms with Crippen LogP contribution in [-0.2, 0) is 4.74 Å². The number of hydrogen-bond acceptors (Lipinski definition) is 3. The second-order valence-electron chi connectivity index (χ2n) is 5.13. The summed E-state index contributed by atoms with van der Waals surface area (Å²) in [6, 6.07) is 5.99. The molecular formula is C15H22BrNO2. The predicted molar refractivity (Wildman–Crippen MR) is 80.4 cm³/mol. The van der Waals surface area contributed by atoms with E-state index in [1.807, 2.05) is 18.2 Å². The molecule has 1 aromatic rings. The summed E-state index contributed by atoms with van der Waals surface area (Å²) in [5.74, 6) is 0.874. The molecule has 106 valence electrons. The number of nitrogens with two attached hydrogens (primary N) is 1. The van der Waals surface area contributed by atoms with E-state index in [1.165, 1.54) is 0 Å². The van der Waals surface area contributed by atoms with Crippen LogP contribution in [0.15, 0.2) is 22.7 Å². The summed E-state index contributed by atoms with van der Waals surface area (Å²) in [7, 11) is 0. The molecule has 1 heterocycles. The highest BCUT2D eigenvalue weighted by Crippen LogP contribution is 2.32. The summed E-state index contributed by atoms with van der Waals surface area (Å²) in [6.07, 6.45) is 3.59. The van der Waals surface area contributed by atoms with Gasteiger partial charge in [-0.25, -0.2) is 0 Å². The van der Waals surface area contributed by atoms with E-state index in [9.17, 15) is 0 Å². The fourth-order valence-electron chi connectivity index (χ4n) is 2.37. The summed E-state index contributed by atoms with van der Waals surface area (Å²) in [5, 5.41) is 0. The van der Waals surface area contributed by atoms with Gasteiger partial charge in [0.25, 0.3) is 0 Å². The van der Waals surface area contributed by atoms with Crippen LogP contribution in [-0.4, -0.2) is 18.8 Å². The van der Waals surface area contributed by atoms with Gasteiger partial charge in [-0.1, -0.05) is 13.0 Å². The van der Waals surface area contributed by atoms with E-state index < -0.39 is 0 Å². The maximum atomic E-state index is 6.29. The zero-order chi connectivity index (χ0) is 13.8. The molecule has 0 radical (unpaired) electrons. The van der Waals surface area contributed by atoms with Crippen LogP contribution in [0.25, 0.3) is 0 Å². The van der Waals surface area contributed by atoms with Gasteiger partial charge in [0.05, 0.1) is 29.3 Å². The lowest BCUT2D eigenvalue weighted by atomic mass is 10.00. The van der Waals surface area contributed by atoms with Gasteiger partial charge in [-0.05, 0) is 59.8 Å². The average Bonchev–Trinajstić information content (AvgIpc) is 2.83. The Morgan fingerprint density at radius 2 is 2.26 bits per heavy atom. The maximum Gasteiger partial charge on any atom is 0.133 e. The third kappa shape index (κ3) is 3.71. The molecule has 1 aliphatic rings. The molecule has 2 N–H and O–H groups in total. The molecule has 0 aromatic heterocycles. The molecule has 0 aliphatic carbocycles. The molecule has 0 amide bonds. The van der Waals surface area contributed by atoms with Gasteiger partial charge in [-0.15, -0.1) is 0 Å². The number of hydrogen-bond donors (Lipinski definition) is 1. The summed E-state index contributed by atoms with van der Waals surface area (Å²) >= 11 is 3.54. The Bertz CT molecular complexity index is 425. The third-order valence-corrected chi connectivity index (χ3v) is 4.09. The van der Waals surface area contributed by atoms with Gasteiger partial charge in [0.1, 0.15) is 5.75 Å². The number of benzene rings is 1. The van der Waals surface area contributed by atoms with Crippen molar-refractivity contribution in [2.75, 3.05) is 6.61 Å². The van der Waals surface area contributed by atoms with Gasteiger partial charge >= 0.3 is 0 Å². The quantitative estimate of drug-likeness (QED) is 0.894. The van der Waals surface area contributed by atoms with E-state index in [-0.39, 0.29) is 12.1 Å². The van der Waals surface area contributed by atoms with Crippen LogP contribution < -0.4 is 10.5 Å². The van der Waals surface area contributed by atoms with Gasteiger partial charge < -0.3 is 15.2 Å². The van der Waals surface area contributed by atoms with Crippen molar-refractivity contribution >= 4 is 15.9 Å². The molecule has 0 bridgehead atoms. The molecule has 0 spiro atoms. The topological polar surface area (TPSA) is 44.5 Å². The minimum atomic E-state index is -0.0681. The Kier molecular flexibility index (Phi) is 5.25. The molecule has 1 saturated heterocycles. The van der Waals surface area contributed by atoms with Crippen LogP contribution in [0.4, 0.5) is 0 Å². The van der Waals surface area contributed by atoms with Crippen LogP contribution in [0.5, 0.6) is 5.75 Å². The van der Waals surface area contributed by atoms with Crippen molar-refractivity contribution in [1.82, 2.24) is 0 Å². The SMILES string of the molecule is CCCOc1ccc(C(N)C2CCC(C)O2)cc1Br. The van der Waals surface area contributed by atoms with Gasteiger partial charge in [-0.2, -0.15) is 0 Å². The van der Waals surface area contributed by atoms with Crippen LogP contribution >= 0.6 is 15.9 Å². The van der Waals surface area contributed by atoms with Gasteiger partial charge in [0, 0.05) is 0 Å². The first-order chi connectivity index (χ1) is 9.11. The number of ether oxygens (including phenoxy) is 2.